The van der Waals surface area contributed by atoms with Gasteiger partial charge in [0.25, 0.3) is 0 Å². The molecule has 0 aromatic rings. The largest absolute Gasteiger partial charge is 0.381 e. The van der Waals surface area contributed by atoms with Gasteiger partial charge in [-0.05, 0) is 25.2 Å². The second kappa shape index (κ2) is 7.51. The minimum Gasteiger partial charge on any atom is -0.381 e. The highest BCUT2D eigenvalue weighted by Gasteiger charge is 2.43. The van der Waals surface area contributed by atoms with Crippen LogP contribution in [0.5, 0.6) is 0 Å². The number of likely N-dealkylation sites (tertiary alicyclic amines) is 2. The van der Waals surface area contributed by atoms with Crippen molar-refractivity contribution in [2.24, 2.45) is 11.8 Å². The van der Waals surface area contributed by atoms with Gasteiger partial charge in [-0.15, -0.1) is 0 Å². The molecule has 3 rings (SSSR count). The summed E-state index contributed by atoms with van der Waals surface area (Å²) in [5.41, 5.74) is 0. The molecule has 0 aromatic carbocycles. The molecule has 1 atom stereocenters. The Morgan fingerprint density at radius 1 is 1.21 bits per heavy atom. The van der Waals surface area contributed by atoms with E-state index in [0.29, 0.717) is 32.0 Å². The Bertz CT molecular complexity index is 498. The van der Waals surface area contributed by atoms with Gasteiger partial charge in [-0.2, -0.15) is 0 Å². The van der Waals surface area contributed by atoms with Crippen LogP contribution in [-0.2, 0) is 19.1 Å². The quantitative estimate of drug-likeness (QED) is 0.766. The van der Waals surface area contributed by atoms with Gasteiger partial charge in [0.15, 0.2) is 0 Å². The highest BCUT2D eigenvalue weighted by Crippen LogP contribution is 2.26. The van der Waals surface area contributed by atoms with Crippen molar-refractivity contribution in [1.29, 1.82) is 0 Å². The van der Waals surface area contributed by atoms with E-state index in [2.05, 4.69) is 5.32 Å². The number of amides is 3. The van der Waals surface area contributed by atoms with E-state index in [1.807, 2.05) is 4.90 Å². The fourth-order valence-electron chi connectivity index (χ4n) is 3.84. The summed E-state index contributed by atoms with van der Waals surface area (Å²) in [7, 11) is 1.59. The van der Waals surface area contributed by atoms with Gasteiger partial charge in [0.05, 0.1) is 12.0 Å². The molecule has 3 amide bonds. The first-order valence-corrected chi connectivity index (χ1v) is 8.95. The van der Waals surface area contributed by atoms with Gasteiger partial charge in [-0.1, -0.05) is 0 Å². The predicted molar refractivity (Wildman–Crippen MR) is 87.0 cm³/mol. The lowest BCUT2D eigenvalue weighted by Crippen LogP contribution is -2.61. The Kier molecular flexibility index (Phi) is 5.38. The number of ether oxygens (including phenoxy) is 1. The van der Waals surface area contributed by atoms with Crippen LogP contribution in [0.15, 0.2) is 0 Å². The topological polar surface area (TPSA) is 79.0 Å². The van der Waals surface area contributed by atoms with Gasteiger partial charge in [-0.3, -0.25) is 14.4 Å². The number of nitrogens with zero attached hydrogens (tertiary/aromatic N) is 2. The molecular formula is C17H27N3O4. The van der Waals surface area contributed by atoms with Crippen LogP contribution in [-0.4, -0.2) is 73.5 Å². The molecule has 0 aliphatic carbocycles. The Morgan fingerprint density at radius 2 is 1.92 bits per heavy atom. The number of hydrogen-bond donors (Lipinski definition) is 1. The zero-order chi connectivity index (χ0) is 17.1. The van der Waals surface area contributed by atoms with E-state index in [0.717, 1.165) is 32.5 Å². The van der Waals surface area contributed by atoms with Crippen molar-refractivity contribution < 1.29 is 19.1 Å². The van der Waals surface area contributed by atoms with Crippen molar-refractivity contribution in [3.63, 3.8) is 0 Å². The van der Waals surface area contributed by atoms with E-state index in [1.54, 1.807) is 11.9 Å². The summed E-state index contributed by atoms with van der Waals surface area (Å²) in [6.07, 6.45) is 3.92. The van der Waals surface area contributed by atoms with Crippen LogP contribution >= 0.6 is 0 Å². The normalized spacial score (nSPS) is 25.7. The highest BCUT2D eigenvalue weighted by molar-refractivity contribution is 5.89. The van der Waals surface area contributed by atoms with Crippen LogP contribution in [0.4, 0.5) is 0 Å². The first-order chi connectivity index (χ1) is 11.6. The molecule has 24 heavy (non-hydrogen) atoms. The Hall–Kier alpha value is -1.63. The Morgan fingerprint density at radius 3 is 2.58 bits per heavy atom. The molecule has 7 nitrogen and oxygen atoms in total. The molecule has 0 radical (unpaired) electrons. The summed E-state index contributed by atoms with van der Waals surface area (Å²) in [5, 5.41) is 2.61. The molecule has 3 saturated heterocycles. The smallest absolute Gasteiger partial charge is 0.225 e. The maximum atomic E-state index is 12.3. The van der Waals surface area contributed by atoms with Crippen LogP contribution in [0.3, 0.4) is 0 Å². The number of hydrogen-bond acceptors (Lipinski definition) is 4. The van der Waals surface area contributed by atoms with Crippen LogP contribution in [0, 0.1) is 11.8 Å². The van der Waals surface area contributed by atoms with E-state index in [9.17, 15) is 14.4 Å². The Labute approximate surface area is 142 Å². The predicted octanol–water partition coefficient (Wildman–Crippen LogP) is -0.00150. The fourth-order valence-corrected chi connectivity index (χ4v) is 3.84. The minimum absolute atomic E-state index is 0.0305. The zero-order valence-corrected chi connectivity index (χ0v) is 14.3. The van der Waals surface area contributed by atoms with E-state index >= 15 is 0 Å². The lowest BCUT2D eigenvalue weighted by atomic mass is 9.94. The molecule has 0 aromatic heterocycles. The molecule has 0 spiro atoms. The third-order valence-electron chi connectivity index (χ3n) is 5.54. The summed E-state index contributed by atoms with van der Waals surface area (Å²) >= 11 is 0. The number of rotatable bonds is 5. The first kappa shape index (κ1) is 17.2. The monoisotopic (exact) mass is 337 g/mol. The second-order valence-electron chi connectivity index (χ2n) is 7.11. The van der Waals surface area contributed by atoms with Gasteiger partial charge in [-0.25, -0.2) is 0 Å². The second-order valence-corrected chi connectivity index (χ2v) is 7.11. The van der Waals surface area contributed by atoms with E-state index in [1.165, 1.54) is 0 Å². The lowest BCUT2D eigenvalue weighted by Gasteiger charge is -2.44. The average Bonchev–Trinajstić information content (AvgIpc) is 2.93. The molecule has 1 N–H and O–H groups in total. The molecular weight excluding hydrogens is 310 g/mol. The van der Waals surface area contributed by atoms with Gasteiger partial charge < -0.3 is 19.9 Å². The summed E-state index contributed by atoms with van der Waals surface area (Å²) in [6, 6.07) is 0.0826. The van der Waals surface area contributed by atoms with Gasteiger partial charge in [0.2, 0.25) is 17.7 Å². The van der Waals surface area contributed by atoms with Crippen molar-refractivity contribution in [3.05, 3.63) is 0 Å². The standard InChI is InChI=1S/C17H27N3O4/c1-18-17(23)13-8-16(22)20(9-13)14-10-19(11-14)15(21)3-2-12-4-6-24-7-5-12/h12-14H,2-11H2,1H3,(H,18,23). The van der Waals surface area contributed by atoms with Crippen LogP contribution in [0.2, 0.25) is 0 Å². The molecule has 7 heteroatoms. The van der Waals surface area contributed by atoms with Crippen LogP contribution in [0.25, 0.3) is 0 Å². The van der Waals surface area contributed by atoms with Gasteiger partial charge >= 0.3 is 0 Å². The third kappa shape index (κ3) is 3.71. The number of carbonyl (C=O) groups is 3. The molecule has 3 fully saturated rings. The first-order valence-electron chi connectivity index (χ1n) is 8.95. The van der Waals surface area contributed by atoms with Gasteiger partial charge in [0.1, 0.15) is 0 Å². The van der Waals surface area contributed by atoms with E-state index in [4.69, 9.17) is 4.74 Å². The Balaban J connectivity index is 1.39. The summed E-state index contributed by atoms with van der Waals surface area (Å²) < 4.78 is 5.34. The number of nitrogens with one attached hydrogen (secondary N) is 1. The van der Waals surface area contributed by atoms with Crippen molar-refractivity contribution in [3.8, 4) is 0 Å². The maximum Gasteiger partial charge on any atom is 0.225 e. The summed E-state index contributed by atoms with van der Waals surface area (Å²) in [5.74, 6) is 0.499. The lowest BCUT2D eigenvalue weighted by molar-refractivity contribution is -0.144. The van der Waals surface area contributed by atoms with E-state index in [-0.39, 0.29) is 36.1 Å². The van der Waals surface area contributed by atoms with Crippen LogP contribution in [0.1, 0.15) is 32.1 Å². The molecule has 3 heterocycles. The molecule has 134 valence electrons. The molecule has 0 bridgehead atoms. The van der Waals surface area contributed by atoms with Crippen LogP contribution < -0.4 is 5.32 Å². The SMILES string of the molecule is CNC(=O)C1CC(=O)N(C2CN(C(=O)CCC3CCOCC3)C2)C1. The highest BCUT2D eigenvalue weighted by atomic mass is 16.5. The van der Waals surface area contributed by atoms with Crippen molar-refractivity contribution in [2.75, 3.05) is 39.9 Å². The number of carbonyl (C=O) groups excluding carboxylic acids is 3. The third-order valence-corrected chi connectivity index (χ3v) is 5.54. The summed E-state index contributed by atoms with van der Waals surface area (Å²) in [4.78, 5) is 39.6. The molecule has 3 aliphatic rings. The van der Waals surface area contributed by atoms with Crippen molar-refractivity contribution >= 4 is 17.7 Å². The van der Waals surface area contributed by atoms with Crippen molar-refractivity contribution in [1.82, 2.24) is 15.1 Å². The van der Waals surface area contributed by atoms with E-state index < -0.39 is 0 Å². The maximum absolute atomic E-state index is 12.3. The molecule has 1 unspecified atom stereocenters. The average molecular weight is 337 g/mol. The zero-order valence-electron chi connectivity index (χ0n) is 14.3. The molecule has 0 saturated carbocycles. The summed E-state index contributed by atoms with van der Waals surface area (Å²) in [6.45, 7) is 3.33. The van der Waals surface area contributed by atoms with Crippen molar-refractivity contribution in [2.45, 2.75) is 38.1 Å². The minimum atomic E-state index is -0.249. The van der Waals surface area contributed by atoms with Gasteiger partial charge in [0, 0.05) is 52.7 Å². The fraction of sp³-hybridized carbons (Fsp3) is 0.824. The molecule has 3 aliphatic heterocycles.